The third-order valence-corrected chi connectivity index (χ3v) is 6.38. The second-order valence-corrected chi connectivity index (χ2v) is 10.3. The summed E-state index contributed by atoms with van der Waals surface area (Å²) < 4.78 is 5.33. The van der Waals surface area contributed by atoms with Crippen LogP contribution in [0.15, 0.2) is 12.2 Å². The highest BCUT2D eigenvalue weighted by Gasteiger charge is 2.61. The highest BCUT2D eigenvalue weighted by molar-refractivity contribution is 6.13. The first-order valence-electron chi connectivity index (χ1n) is 11.7. The molecule has 2 heterocycles. The zero-order chi connectivity index (χ0) is 24.4. The number of carboxylic acids is 1. The van der Waals surface area contributed by atoms with Gasteiger partial charge in [0.25, 0.3) is 0 Å². The van der Waals surface area contributed by atoms with Crippen LogP contribution in [-0.2, 0) is 19.1 Å². The number of fused-ring (bicyclic) bond motifs is 2. The van der Waals surface area contributed by atoms with Crippen molar-refractivity contribution in [1.82, 2.24) is 15.5 Å². The number of carbonyl (C=O) groups excluding carboxylic acids is 3. The molecule has 0 bridgehead atoms. The van der Waals surface area contributed by atoms with Gasteiger partial charge in [-0.15, -0.1) is 0 Å². The maximum Gasteiger partial charge on any atom is 0.408 e. The molecule has 0 aromatic heterocycles. The Kier molecular flexibility index (Phi) is 7.44. The summed E-state index contributed by atoms with van der Waals surface area (Å²) in [5.74, 6) is -2.70. The van der Waals surface area contributed by atoms with Crippen LogP contribution in [0.1, 0.15) is 65.7 Å². The minimum Gasteiger partial charge on any atom is -0.479 e. The number of nitrogens with zero attached hydrogens (tertiary/aromatic N) is 1. The molecule has 9 nitrogen and oxygen atoms in total. The van der Waals surface area contributed by atoms with Crippen LogP contribution < -0.4 is 10.6 Å². The van der Waals surface area contributed by atoms with Gasteiger partial charge in [-0.1, -0.05) is 30.8 Å². The summed E-state index contributed by atoms with van der Waals surface area (Å²) in [6.45, 7) is 5.37. The lowest BCUT2D eigenvalue weighted by atomic mass is 9.85. The van der Waals surface area contributed by atoms with E-state index in [0.717, 1.165) is 19.3 Å². The first-order valence-corrected chi connectivity index (χ1v) is 11.7. The summed E-state index contributed by atoms with van der Waals surface area (Å²) in [5, 5.41) is 15.1. The van der Waals surface area contributed by atoms with Crippen molar-refractivity contribution in [3.63, 3.8) is 0 Å². The lowest BCUT2D eigenvalue weighted by molar-refractivity contribution is -0.145. The monoisotopic (exact) mass is 459 g/mol. The normalized spacial score (nSPS) is 34.1. The van der Waals surface area contributed by atoms with Crippen molar-refractivity contribution in [1.29, 1.82) is 0 Å². The van der Waals surface area contributed by atoms with Crippen molar-refractivity contribution in [3.05, 3.63) is 12.2 Å². The van der Waals surface area contributed by atoms with Crippen molar-refractivity contribution in [3.8, 4) is 0 Å². The molecule has 0 spiro atoms. The minimum atomic E-state index is -1.34. The van der Waals surface area contributed by atoms with Crippen LogP contribution in [-0.4, -0.2) is 71.5 Å². The SMILES string of the molecule is [B][C@@H]1C[C@H]2C(=O)N[C@]3(C(=O)O)C[C@@H]3/C=C\CCCCC[C@H](NC(=O)OC(C)(C)C)C(=O)N2C1. The van der Waals surface area contributed by atoms with E-state index in [1.165, 1.54) is 4.90 Å². The Morgan fingerprint density at radius 3 is 2.67 bits per heavy atom. The number of amides is 3. The Hall–Kier alpha value is -2.52. The quantitative estimate of drug-likeness (QED) is 0.428. The van der Waals surface area contributed by atoms with E-state index in [-0.39, 0.29) is 18.9 Å². The van der Waals surface area contributed by atoms with Crippen molar-refractivity contribution in [2.45, 2.75) is 94.8 Å². The van der Waals surface area contributed by atoms with Gasteiger partial charge in [0.15, 0.2) is 0 Å². The van der Waals surface area contributed by atoms with E-state index in [2.05, 4.69) is 10.6 Å². The Morgan fingerprint density at radius 2 is 2.00 bits per heavy atom. The van der Waals surface area contributed by atoms with Gasteiger partial charge in [0.05, 0.1) is 7.85 Å². The molecule has 2 radical (unpaired) electrons. The Bertz CT molecular complexity index is 826. The molecule has 0 aromatic rings. The van der Waals surface area contributed by atoms with Crippen LogP contribution in [0.2, 0.25) is 5.82 Å². The number of carboxylic acid groups (broad SMARTS) is 1. The molecule has 0 unspecified atom stereocenters. The number of alkyl carbamates (subject to hydrolysis) is 1. The highest BCUT2D eigenvalue weighted by atomic mass is 16.6. The lowest BCUT2D eigenvalue weighted by Gasteiger charge is -2.30. The molecule has 180 valence electrons. The predicted molar refractivity (Wildman–Crippen MR) is 122 cm³/mol. The topological polar surface area (TPSA) is 125 Å². The summed E-state index contributed by atoms with van der Waals surface area (Å²) in [6, 6.07) is -1.75. The van der Waals surface area contributed by atoms with Crippen molar-refractivity contribution >= 4 is 31.7 Å². The molecule has 2 fully saturated rings. The van der Waals surface area contributed by atoms with Gasteiger partial charge in [-0.25, -0.2) is 9.59 Å². The zero-order valence-electron chi connectivity index (χ0n) is 19.6. The van der Waals surface area contributed by atoms with Crippen molar-refractivity contribution < 1.29 is 29.0 Å². The summed E-state index contributed by atoms with van der Waals surface area (Å²) in [7, 11) is 6.09. The zero-order valence-corrected chi connectivity index (χ0v) is 19.6. The average molecular weight is 459 g/mol. The van der Waals surface area contributed by atoms with Crippen LogP contribution in [0.4, 0.5) is 4.79 Å². The number of hydrogen-bond donors (Lipinski definition) is 3. The average Bonchev–Trinajstić information content (AvgIpc) is 3.25. The van der Waals surface area contributed by atoms with Gasteiger partial charge in [-0.05, 0) is 52.9 Å². The molecule has 1 aliphatic carbocycles. The molecule has 1 saturated carbocycles. The van der Waals surface area contributed by atoms with E-state index < -0.39 is 52.9 Å². The molecule has 3 N–H and O–H groups in total. The molecule has 3 amide bonds. The smallest absolute Gasteiger partial charge is 0.408 e. The van der Waals surface area contributed by atoms with Crippen molar-refractivity contribution in [2.24, 2.45) is 5.92 Å². The minimum absolute atomic E-state index is 0.160. The molecule has 33 heavy (non-hydrogen) atoms. The van der Waals surface area contributed by atoms with Gasteiger partial charge in [0.1, 0.15) is 23.2 Å². The standard InChI is InChI=1S/C23H34BN3O6/c1-22(2,3)33-21(32)25-16-10-8-6-4-5-7-9-14-12-23(14,20(30)31)26-18(28)17-11-15(24)13-27(17)19(16)29/h7,9,14-17H,4-6,8,10-13H2,1-3H3,(H,25,32)(H,26,28)(H,30,31)/b9-7-/t14-,15+,16-,17-,23+/m0/s1. The fraction of sp³-hybridized carbons (Fsp3) is 0.739. The van der Waals surface area contributed by atoms with Gasteiger partial charge in [-0.2, -0.15) is 0 Å². The molecular formula is C23H34BN3O6. The summed E-state index contributed by atoms with van der Waals surface area (Å²) in [6.07, 6.45) is 7.29. The molecule has 2 aliphatic heterocycles. The second-order valence-electron chi connectivity index (χ2n) is 10.3. The Balaban J connectivity index is 1.83. The molecule has 10 heteroatoms. The summed E-state index contributed by atoms with van der Waals surface area (Å²) in [4.78, 5) is 52.3. The third-order valence-electron chi connectivity index (χ3n) is 6.38. The second kappa shape index (κ2) is 9.77. The molecule has 3 rings (SSSR count). The van der Waals surface area contributed by atoms with Gasteiger partial charge in [0.2, 0.25) is 11.8 Å². The fourth-order valence-electron chi connectivity index (χ4n) is 4.58. The molecule has 0 aromatic carbocycles. The maximum absolute atomic E-state index is 13.5. The van der Waals surface area contributed by atoms with Crippen LogP contribution in [0.5, 0.6) is 0 Å². The molecule has 1 saturated heterocycles. The van der Waals surface area contributed by atoms with E-state index in [0.29, 0.717) is 19.3 Å². The van der Waals surface area contributed by atoms with Crippen LogP contribution in [0, 0.1) is 5.92 Å². The van der Waals surface area contributed by atoms with Crippen molar-refractivity contribution in [2.75, 3.05) is 6.54 Å². The van der Waals surface area contributed by atoms with Crippen LogP contribution in [0.3, 0.4) is 0 Å². The number of rotatable bonds is 2. The number of ether oxygens (including phenoxy) is 1. The Labute approximate surface area is 196 Å². The van der Waals surface area contributed by atoms with Gasteiger partial charge in [0, 0.05) is 12.5 Å². The third kappa shape index (κ3) is 6.09. The highest BCUT2D eigenvalue weighted by Crippen LogP contribution is 2.45. The number of nitrogens with one attached hydrogen (secondary N) is 2. The van der Waals surface area contributed by atoms with Gasteiger partial charge in [-0.3, -0.25) is 9.59 Å². The number of carbonyl (C=O) groups is 4. The molecular weight excluding hydrogens is 425 g/mol. The van der Waals surface area contributed by atoms with E-state index >= 15 is 0 Å². The van der Waals surface area contributed by atoms with Gasteiger partial charge >= 0.3 is 12.1 Å². The predicted octanol–water partition coefficient (Wildman–Crippen LogP) is 1.92. The molecule has 3 aliphatic rings. The fourth-order valence-corrected chi connectivity index (χ4v) is 4.58. The van der Waals surface area contributed by atoms with Crippen LogP contribution in [0.25, 0.3) is 0 Å². The largest absolute Gasteiger partial charge is 0.479 e. The van der Waals surface area contributed by atoms with E-state index in [1.807, 2.05) is 12.2 Å². The van der Waals surface area contributed by atoms with E-state index in [9.17, 15) is 24.3 Å². The lowest BCUT2D eigenvalue weighted by Crippen LogP contribution is -2.56. The molecule has 5 atom stereocenters. The van der Waals surface area contributed by atoms with Crippen LogP contribution >= 0.6 is 0 Å². The number of hydrogen-bond acceptors (Lipinski definition) is 5. The van der Waals surface area contributed by atoms with Gasteiger partial charge < -0.3 is 25.4 Å². The van der Waals surface area contributed by atoms with E-state index in [4.69, 9.17) is 12.6 Å². The number of allylic oxidation sites excluding steroid dienone is 1. The first kappa shape index (κ1) is 25.1. The summed E-state index contributed by atoms with van der Waals surface area (Å²) in [5.41, 5.74) is -2.06. The number of aliphatic carboxylic acids is 1. The maximum atomic E-state index is 13.5. The Morgan fingerprint density at radius 1 is 1.27 bits per heavy atom. The summed E-state index contributed by atoms with van der Waals surface area (Å²) >= 11 is 0. The van der Waals surface area contributed by atoms with E-state index in [1.54, 1.807) is 20.8 Å². The first-order chi connectivity index (χ1) is 15.4.